The molecule has 1 aromatic carbocycles. The highest BCUT2D eigenvalue weighted by Crippen LogP contribution is 2.28. The minimum atomic E-state index is 0.208. The van der Waals surface area contributed by atoms with Crippen molar-refractivity contribution in [3.05, 3.63) is 36.0 Å². The number of hydrogen-bond acceptors (Lipinski definition) is 5. The molecule has 0 radical (unpaired) electrons. The van der Waals surface area contributed by atoms with E-state index < -0.39 is 0 Å². The first-order valence-corrected chi connectivity index (χ1v) is 9.17. The fourth-order valence-corrected chi connectivity index (χ4v) is 3.15. The molecule has 1 saturated heterocycles. The first-order chi connectivity index (χ1) is 12.2. The molecule has 5 heteroatoms. The van der Waals surface area contributed by atoms with Crippen molar-refractivity contribution >= 4 is 0 Å². The predicted molar refractivity (Wildman–Crippen MR) is 98.9 cm³/mol. The molecule has 2 heterocycles. The molecular formula is C20H27N3O2. The molecule has 1 aliphatic rings. The number of phenols is 1. The lowest BCUT2D eigenvalue weighted by Gasteiger charge is -2.28. The average Bonchev–Trinajstić information content (AvgIpc) is 2.63. The van der Waals surface area contributed by atoms with Crippen molar-refractivity contribution in [1.82, 2.24) is 15.1 Å². The van der Waals surface area contributed by atoms with Gasteiger partial charge in [0.15, 0.2) is 0 Å². The molecule has 1 aliphatic heterocycles. The Hall–Kier alpha value is -2.14. The van der Waals surface area contributed by atoms with Crippen LogP contribution in [-0.2, 0) is 6.42 Å². The van der Waals surface area contributed by atoms with Crippen LogP contribution in [0.1, 0.15) is 38.3 Å². The van der Waals surface area contributed by atoms with Crippen molar-refractivity contribution < 1.29 is 9.84 Å². The van der Waals surface area contributed by atoms with E-state index in [4.69, 9.17) is 4.74 Å². The lowest BCUT2D eigenvalue weighted by molar-refractivity contribution is 0.109. The molecule has 1 N–H and O–H groups in total. The highest BCUT2D eigenvalue weighted by Gasteiger charge is 2.19. The minimum Gasteiger partial charge on any atom is -0.508 e. The first kappa shape index (κ1) is 17.7. The Kier molecular flexibility index (Phi) is 5.87. The zero-order chi connectivity index (χ0) is 17.6. The molecule has 1 fully saturated rings. The van der Waals surface area contributed by atoms with Crippen molar-refractivity contribution in [3.63, 3.8) is 0 Å². The Bertz CT molecular complexity index is 680. The normalized spacial score (nSPS) is 16.1. The Morgan fingerprint density at radius 3 is 2.56 bits per heavy atom. The van der Waals surface area contributed by atoms with E-state index in [9.17, 15) is 5.11 Å². The van der Waals surface area contributed by atoms with Gasteiger partial charge in [-0.3, -0.25) is 0 Å². The number of piperidine rings is 1. The zero-order valence-electron chi connectivity index (χ0n) is 15.1. The van der Waals surface area contributed by atoms with Crippen LogP contribution in [0, 0.1) is 0 Å². The third-order valence-corrected chi connectivity index (χ3v) is 4.75. The van der Waals surface area contributed by atoms with Crippen molar-refractivity contribution in [1.29, 1.82) is 0 Å². The largest absolute Gasteiger partial charge is 0.508 e. The van der Waals surface area contributed by atoms with Gasteiger partial charge in [-0.25, -0.2) is 0 Å². The number of likely N-dealkylation sites (tertiary alicyclic amines) is 1. The number of rotatable bonds is 6. The molecule has 1 aromatic heterocycles. The minimum absolute atomic E-state index is 0.208. The van der Waals surface area contributed by atoms with E-state index in [1.807, 2.05) is 18.2 Å². The molecule has 25 heavy (non-hydrogen) atoms. The molecular weight excluding hydrogens is 314 g/mol. The standard InChI is InChI=1S/C20H27N3O2/c1-3-4-5-19-18(15-6-8-16(24)9-7-15)14-20(22-21-19)25-17-10-12-23(2)13-11-17/h6-9,14,17,24H,3-5,10-13H2,1-2H3. The highest BCUT2D eigenvalue weighted by atomic mass is 16.5. The Labute approximate surface area is 149 Å². The molecule has 134 valence electrons. The molecule has 5 nitrogen and oxygen atoms in total. The van der Waals surface area contributed by atoms with Gasteiger partial charge in [0.2, 0.25) is 5.88 Å². The summed E-state index contributed by atoms with van der Waals surface area (Å²) in [7, 11) is 2.14. The molecule has 0 bridgehead atoms. The maximum absolute atomic E-state index is 9.55. The summed E-state index contributed by atoms with van der Waals surface area (Å²) < 4.78 is 6.10. The number of hydrogen-bond donors (Lipinski definition) is 1. The number of aromatic nitrogens is 2. The molecule has 0 saturated carbocycles. The molecule has 0 unspecified atom stereocenters. The summed E-state index contributed by atoms with van der Waals surface area (Å²) in [5, 5.41) is 18.3. The summed E-state index contributed by atoms with van der Waals surface area (Å²) >= 11 is 0. The summed E-state index contributed by atoms with van der Waals surface area (Å²) in [4.78, 5) is 2.32. The average molecular weight is 341 g/mol. The number of aryl methyl sites for hydroxylation is 1. The number of phenolic OH excluding ortho intramolecular Hbond substituents is 1. The molecule has 0 spiro atoms. The second kappa shape index (κ2) is 8.30. The van der Waals surface area contributed by atoms with E-state index in [1.54, 1.807) is 12.1 Å². The number of benzene rings is 1. The van der Waals surface area contributed by atoms with Crippen LogP contribution in [0.4, 0.5) is 0 Å². The van der Waals surface area contributed by atoms with Gasteiger partial charge in [0, 0.05) is 24.7 Å². The van der Waals surface area contributed by atoms with Gasteiger partial charge >= 0.3 is 0 Å². The first-order valence-electron chi connectivity index (χ1n) is 9.17. The van der Waals surface area contributed by atoms with Crippen LogP contribution in [0.5, 0.6) is 11.6 Å². The van der Waals surface area contributed by atoms with Gasteiger partial charge in [-0.15, -0.1) is 5.10 Å². The smallest absolute Gasteiger partial charge is 0.234 e. The van der Waals surface area contributed by atoms with Crippen LogP contribution in [0.2, 0.25) is 0 Å². The third-order valence-electron chi connectivity index (χ3n) is 4.75. The molecule has 3 rings (SSSR count). The van der Waals surface area contributed by atoms with Gasteiger partial charge in [-0.1, -0.05) is 25.5 Å². The molecule has 2 aromatic rings. The number of aromatic hydroxyl groups is 1. The van der Waals surface area contributed by atoms with E-state index in [2.05, 4.69) is 29.1 Å². The maximum atomic E-state index is 9.55. The number of unbranched alkanes of at least 4 members (excludes halogenated alkanes) is 1. The monoisotopic (exact) mass is 341 g/mol. The van der Waals surface area contributed by atoms with Crippen LogP contribution in [-0.4, -0.2) is 46.4 Å². The van der Waals surface area contributed by atoms with E-state index >= 15 is 0 Å². The van der Waals surface area contributed by atoms with E-state index in [1.165, 1.54) is 0 Å². The van der Waals surface area contributed by atoms with Crippen molar-refractivity contribution in [3.8, 4) is 22.8 Å². The summed E-state index contributed by atoms with van der Waals surface area (Å²) in [6, 6.07) is 9.25. The zero-order valence-corrected chi connectivity index (χ0v) is 15.1. The quantitative estimate of drug-likeness (QED) is 0.869. The topological polar surface area (TPSA) is 58.5 Å². The van der Waals surface area contributed by atoms with Gasteiger partial charge in [0.25, 0.3) is 0 Å². The lowest BCUT2D eigenvalue weighted by atomic mass is 10.0. The molecule has 0 aliphatic carbocycles. The van der Waals surface area contributed by atoms with E-state index in [-0.39, 0.29) is 11.9 Å². The Morgan fingerprint density at radius 1 is 1.16 bits per heavy atom. The van der Waals surface area contributed by atoms with Crippen LogP contribution >= 0.6 is 0 Å². The predicted octanol–water partition coefficient (Wildman–Crippen LogP) is 3.66. The van der Waals surface area contributed by atoms with Gasteiger partial charge in [0.1, 0.15) is 11.9 Å². The SMILES string of the molecule is CCCCc1nnc(OC2CCN(C)CC2)cc1-c1ccc(O)cc1. The van der Waals surface area contributed by atoms with Crippen molar-refractivity contribution in [2.75, 3.05) is 20.1 Å². The Morgan fingerprint density at radius 2 is 1.88 bits per heavy atom. The van der Waals surface area contributed by atoms with Crippen molar-refractivity contribution in [2.24, 2.45) is 0 Å². The van der Waals surface area contributed by atoms with E-state index in [0.29, 0.717) is 5.88 Å². The van der Waals surface area contributed by atoms with Gasteiger partial charge in [-0.05, 0) is 50.4 Å². The van der Waals surface area contributed by atoms with Gasteiger partial charge < -0.3 is 14.7 Å². The maximum Gasteiger partial charge on any atom is 0.234 e. The van der Waals surface area contributed by atoms with Crippen LogP contribution in [0.15, 0.2) is 30.3 Å². The second-order valence-corrected chi connectivity index (χ2v) is 6.81. The van der Waals surface area contributed by atoms with Crippen molar-refractivity contribution in [2.45, 2.75) is 45.1 Å². The van der Waals surface area contributed by atoms with Gasteiger partial charge in [0.05, 0.1) is 5.69 Å². The molecule has 0 amide bonds. The summed E-state index contributed by atoms with van der Waals surface area (Å²) in [6.07, 6.45) is 5.34. The summed E-state index contributed by atoms with van der Waals surface area (Å²) in [5.41, 5.74) is 3.07. The highest BCUT2D eigenvalue weighted by molar-refractivity contribution is 5.67. The van der Waals surface area contributed by atoms with E-state index in [0.717, 1.165) is 62.0 Å². The fraction of sp³-hybridized carbons (Fsp3) is 0.500. The third kappa shape index (κ3) is 4.69. The van der Waals surface area contributed by atoms with Crippen LogP contribution in [0.3, 0.4) is 0 Å². The fourth-order valence-electron chi connectivity index (χ4n) is 3.15. The number of ether oxygens (including phenoxy) is 1. The van der Waals surface area contributed by atoms with Crippen LogP contribution in [0.25, 0.3) is 11.1 Å². The summed E-state index contributed by atoms with van der Waals surface area (Å²) in [5.74, 6) is 0.863. The molecule has 0 atom stereocenters. The van der Waals surface area contributed by atoms with Crippen LogP contribution < -0.4 is 4.74 Å². The number of nitrogens with zero attached hydrogens (tertiary/aromatic N) is 3. The summed E-state index contributed by atoms with van der Waals surface area (Å²) in [6.45, 7) is 4.28. The van der Waals surface area contributed by atoms with Gasteiger partial charge in [-0.2, -0.15) is 5.10 Å². The second-order valence-electron chi connectivity index (χ2n) is 6.81. The Balaban J connectivity index is 1.83. The lowest BCUT2D eigenvalue weighted by Crippen LogP contribution is -2.35.